The van der Waals surface area contributed by atoms with Gasteiger partial charge in [-0.2, -0.15) is 0 Å². The lowest BCUT2D eigenvalue weighted by atomic mass is 10.3. The summed E-state index contributed by atoms with van der Waals surface area (Å²) in [6.45, 7) is 0.886. The van der Waals surface area contributed by atoms with Crippen LogP contribution in [0.4, 0.5) is 0 Å². The van der Waals surface area contributed by atoms with Crippen LogP contribution in [0.3, 0.4) is 0 Å². The summed E-state index contributed by atoms with van der Waals surface area (Å²) in [7, 11) is 0. The normalized spacial score (nSPS) is 10.7. The highest BCUT2D eigenvalue weighted by Gasteiger charge is 2.09. The Morgan fingerprint density at radius 2 is 1.71 bits per heavy atom. The molecule has 1 aromatic carbocycles. The average Bonchev–Trinajstić information content (AvgIpc) is 2.80. The van der Waals surface area contributed by atoms with E-state index in [0.29, 0.717) is 36.5 Å². The molecule has 2 rings (SSSR count). The van der Waals surface area contributed by atoms with Gasteiger partial charge < -0.3 is 9.47 Å². The van der Waals surface area contributed by atoms with Crippen molar-refractivity contribution in [1.82, 2.24) is 4.98 Å². The average molecular weight is 292 g/mol. The number of hydrogen-bond acceptors (Lipinski definition) is 4. The number of aromatic nitrogens is 1. The summed E-state index contributed by atoms with van der Waals surface area (Å²) in [5.41, 5.74) is 2.69. The zero-order valence-corrected chi connectivity index (χ0v) is 11.3. The third-order valence-corrected chi connectivity index (χ3v) is 3.17. The summed E-state index contributed by atoms with van der Waals surface area (Å²) in [6.07, 6.45) is 0. The van der Waals surface area contributed by atoms with E-state index < -0.39 is 0 Å². The number of alkyl halides is 2. The Kier molecular flexibility index (Phi) is 4.71. The molecule has 0 bridgehead atoms. The lowest BCUT2D eigenvalue weighted by Crippen LogP contribution is -2.03. The van der Waals surface area contributed by atoms with Crippen molar-refractivity contribution in [2.24, 2.45) is 0 Å². The van der Waals surface area contributed by atoms with Crippen LogP contribution in [-0.4, -0.2) is 30.0 Å². The largest absolute Gasteiger partial charge is 0.488 e. The van der Waals surface area contributed by atoms with Crippen LogP contribution >= 0.6 is 34.5 Å². The quantitative estimate of drug-likeness (QED) is 0.763. The molecule has 0 saturated heterocycles. The number of benzene rings is 1. The highest BCUT2D eigenvalue weighted by molar-refractivity contribution is 7.16. The van der Waals surface area contributed by atoms with Crippen molar-refractivity contribution in [1.29, 1.82) is 0 Å². The smallest absolute Gasteiger partial charge is 0.163 e. The Morgan fingerprint density at radius 3 is 2.35 bits per heavy atom. The number of nitrogens with zero attached hydrogens (tertiary/aromatic N) is 1. The Hall–Kier alpha value is -0.710. The molecule has 0 unspecified atom stereocenters. The van der Waals surface area contributed by atoms with Crippen LogP contribution in [0.25, 0.3) is 10.2 Å². The number of halogens is 2. The zero-order chi connectivity index (χ0) is 12.1. The molecule has 3 nitrogen and oxygen atoms in total. The van der Waals surface area contributed by atoms with Crippen molar-refractivity contribution in [3.63, 3.8) is 0 Å². The molecule has 0 aliphatic carbocycles. The van der Waals surface area contributed by atoms with Gasteiger partial charge in [-0.05, 0) is 0 Å². The number of thiazole rings is 1. The highest BCUT2D eigenvalue weighted by Crippen LogP contribution is 2.33. The minimum Gasteiger partial charge on any atom is -0.488 e. The maximum Gasteiger partial charge on any atom is 0.163 e. The minimum absolute atomic E-state index is 0.435. The van der Waals surface area contributed by atoms with Gasteiger partial charge in [-0.1, -0.05) is 0 Å². The van der Waals surface area contributed by atoms with Gasteiger partial charge in [-0.15, -0.1) is 34.5 Å². The van der Waals surface area contributed by atoms with Gasteiger partial charge in [0.05, 0.1) is 27.5 Å². The van der Waals surface area contributed by atoms with E-state index in [1.54, 1.807) is 16.8 Å². The maximum absolute atomic E-state index is 5.61. The molecular formula is C11H11Cl2NO2S. The SMILES string of the molecule is ClCCOc1cc2ncsc2cc1OCCCl. The Labute approximate surface area is 113 Å². The van der Waals surface area contributed by atoms with Crippen molar-refractivity contribution >= 4 is 44.8 Å². The summed E-state index contributed by atoms with van der Waals surface area (Å²) in [4.78, 5) is 4.23. The maximum atomic E-state index is 5.61. The van der Waals surface area contributed by atoms with Gasteiger partial charge in [0.25, 0.3) is 0 Å². The predicted octanol–water partition coefficient (Wildman–Crippen LogP) is 3.53. The van der Waals surface area contributed by atoms with Crippen LogP contribution in [0.1, 0.15) is 0 Å². The van der Waals surface area contributed by atoms with Gasteiger partial charge in [0.1, 0.15) is 13.2 Å². The van der Waals surface area contributed by atoms with Crippen molar-refractivity contribution in [3.8, 4) is 11.5 Å². The van der Waals surface area contributed by atoms with Crippen LogP contribution in [-0.2, 0) is 0 Å². The molecule has 0 radical (unpaired) electrons. The lowest BCUT2D eigenvalue weighted by Gasteiger charge is -2.11. The van der Waals surface area contributed by atoms with E-state index in [2.05, 4.69) is 4.98 Å². The zero-order valence-electron chi connectivity index (χ0n) is 8.99. The van der Waals surface area contributed by atoms with Crippen LogP contribution in [0.5, 0.6) is 11.5 Å². The van der Waals surface area contributed by atoms with Crippen molar-refractivity contribution in [2.45, 2.75) is 0 Å². The molecule has 0 aliphatic rings. The van der Waals surface area contributed by atoms with E-state index in [-0.39, 0.29) is 0 Å². The third kappa shape index (κ3) is 3.15. The highest BCUT2D eigenvalue weighted by atomic mass is 35.5. The molecule has 0 amide bonds. The van der Waals surface area contributed by atoms with Gasteiger partial charge in [0.15, 0.2) is 11.5 Å². The van der Waals surface area contributed by atoms with Crippen molar-refractivity contribution in [2.75, 3.05) is 25.0 Å². The van der Waals surface area contributed by atoms with E-state index in [1.165, 1.54) is 0 Å². The van der Waals surface area contributed by atoms with Gasteiger partial charge in [0, 0.05) is 12.1 Å². The van der Waals surface area contributed by atoms with Gasteiger partial charge in [-0.25, -0.2) is 4.98 Å². The topological polar surface area (TPSA) is 31.4 Å². The number of hydrogen-bond donors (Lipinski definition) is 0. The first-order valence-corrected chi connectivity index (χ1v) is 7.05. The van der Waals surface area contributed by atoms with Crippen molar-refractivity contribution < 1.29 is 9.47 Å². The van der Waals surface area contributed by atoms with Crippen molar-refractivity contribution in [3.05, 3.63) is 17.6 Å². The molecule has 2 aromatic rings. The van der Waals surface area contributed by atoms with E-state index >= 15 is 0 Å². The molecule has 0 spiro atoms. The molecular weight excluding hydrogens is 281 g/mol. The second-order valence-corrected chi connectivity index (χ2v) is 4.84. The third-order valence-electron chi connectivity index (χ3n) is 2.07. The lowest BCUT2D eigenvalue weighted by molar-refractivity contribution is 0.291. The molecule has 92 valence electrons. The molecule has 1 aromatic heterocycles. The van der Waals surface area contributed by atoms with E-state index in [4.69, 9.17) is 32.7 Å². The molecule has 6 heteroatoms. The predicted molar refractivity (Wildman–Crippen MR) is 72.1 cm³/mol. The van der Waals surface area contributed by atoms with Gasteiger partial charge in [-0.3, -0.25) is 0 Å². The second kappa shape index (κ2) is 6.28. The molecule has 0 atom stereocenters. The molecule has 17 heavy (non-hydrogen) atoms. The standard InChI is InChI=1S/C11H11Cl2NO2S/c12-1-3-15-9-5-8-11(17-7-14-8)6-10(9)16-4-2-13/h5-7H,1-4H2. The van der Waals surface area contributed by atoms with Gasteiger partial charge >= 0.3 is 0 Å². The number of fused-ring (bicyclic) bond motifs is 1. The summed E-state index contributed by atoms with van der Waals surface area (Å²) in [5.74, 6) is 2.22. The molecule has 0 saturated carbocycles. The summed E-state index contributed by atoms with van der Waals surface area (Å²) in [6, 6.07) is 3.78. The van der Waals surface area contributed by atoms with Crippen LogP contribution < -0.4 is 9.47 Å². The number of ether oxygens (including phenoxy) is 2. The summed E-state index contributed by atoms with van der Waals surface area (Å²) < 4.78 is 12.1. The molecule has 0 fully saturated rings. The fourth-order valence-electron chi connectivity index (χ4n) is 1.39. The van der Waals surface area contributed by atoms with E-state index in [1.807, 2.05) is 12.1 Å². The fourth-order valence-corrected chi connectivity index (χ4v) is 2.23. The van der Waals surface area contributed by atoms with Crippen LogP contribution in [0, 0.1) is 0 Å². The molecule has 0 aliphatic heterocycles. The summed E-state index contributed by atoms with van der Waals surface area (Å²) >= 11 is 12.8. The fraction of sp³-hybridized carbons (Fsp3) is 0.364. The molecule has 0 N–H and O–H groups in total. The first-order chi connectivity index (χ1) is 8.35. The van der Waals surface area contributed by atoms with E-state index in [0.717, 1.165) is 10.2 Å². The first-order valence-electron chi connectivity index (χ1n) is 5.10. The Balaban J connectivity index is 2.29. The Bertz CT molecular complexity index is 447. The minimum atomic E-state index is 0.435. The second-order valence-electron chi connectivity index (χ2n) is 3.19. The van der Waals surface area contributed by atoms with Crippen LogP contribution in [0.2, 0.25) is 0 Å². The monoisotopic (exact) mass is 291 g/mol. The number of rotatable bonds is 6. The van der Waals surface area contributed by atoms with E-state index in [9.17, 15) is 0 Å². The summed E-state index contributed by atoms with van der Waals surface area (Å²) in [5, 5.41) is 0. The van der Waals surface area contributed by atoms with Gasteiger partial charge in [0.2, 0.25) is 0 Å². The molecule has 1 heterocycles. The first kappa shape index (κ1) is 12.7. The van der Waals surface area contributed by atoms with Crippen LogP contribution in [0.15, 0.2) is 17.6 Å². The Morgan fingerprint density at radius 1 is 1.06 bits per heavy atom.